The maximum absolute atomic E-state index is 10.5. The second-order valence-corrected chi connectivity index (χ2v) is 4.30. The number of aliphatic carboxylic acids is 1. The van der Waals surface area contributed by atoms with Crippen molar-refractivity contribution in [2.75, 3.05) is 0 Å². The molecule has 0 saturated heterocycles. The van der Waals surface area contributed by atoms with Gasteiger partial charge in [0.2, 0.25) is 0 Å². The molecule has 80 valence electrons. The summed E-state index contributed by atoms with van der Waals surface area (Å²) in [6.45, 7) is 3.82. The minimum atomic E-state index is -0.983. The van der Waals surface area contributed by atoms with Crippen LogP contribution in [0.2, 0.25) is 0 Å². The summed E-state index contributed by atoms with van der Waals surface area (Å²) in [5, 5.41) is 8.64. The largest absolute Gasteiger partial charge is 0.480 e. The van der Waals surface area contributed by atoms with Crippen LogP contribution in [0.5, 0.6) is 0 Å². The number of hydrogen-bond donors (Lipinski definition) is 3. The molecule has 5 heteroatoms. The van der Waals surface area contributed by atoms with Crippen molar-refractivity contribution in [2.24, 2.45) is 5.73 Å². The molecule has 0 radical (unpaired) electrons. The SMILES string of the molecule is CCCCC(C)(S)C(N)C(=O)O.Cl. The van der Waals surface area contributed by atoms with Gasteiger partial charge in [0.25, 0.3) is 0 Å². The number of unbranched alkanes of at least 4 members (excludes halogenated alkanes) is 1. The van der Waals surface area contributed by atoms with E-state index >= 15 is 0 Å². The number of carboxylic acid groups (broad SMARTS) is 1. The molecule has 13 heavy (non-hydrogen) atoms. The first-order valence-electron chi connectivity index (χ1n) is 4.12. The number of carboxylic acids is 1. The molecule has 0 aliphatic heterocycles. The van der Waals surface area contributed by atoms with Gasteiger partial charge in [0.15, 0.2) is 0 Å². The van der Waals surface area contributed by atoms with Gasteiger partial charge in [-0.05, 0) is 13.3 Å². The molecule has 2 unspecified atom stereocenters. The Kier molecular flexibility index (Phi) is 7.78. The van der Waals surface area contributed by atoms with E-state index in [2.05, 4.69) is 19.6 Å². The summed E-state index contributed by atoms with van der Waals surface area (Å²) in [6.07, 6.45) is 2.73. The Balaban J connectivity index is 0. The molecule has 3 N–H and O–H groups in total. The van der Waals surface area contributed by atoms with Crippen molar-refractivity contribution >= 4 is 31.0 Å². The fraction of sp³-hybridized carbons (Fsp3) is 0.875. The van der Waals surface area contributed by atoms with Gasteiger partial charge in [-0.1, -0.05) is 19.8 Å². The molecule has 3 nitrogen and oxygen atoms in total. The first kappa shape index (κ1) is 15.5. The molecule has 0 saturated carbocycles. The molecule has 2 atom stereocenters. The van der Waals surface area contributed by atoms with Crippen LogP contribution in [-0.4, -0.2) is 21.9 Å². The molecule has 0 bridgehead atoms. The van der Waals surface area contributed by atoms with E-state index in [0.717, 1.165) is 19.3 Å². The number of halogens is 1. The van der Waals surface area contributed by atoms with Crippen molar-refractivity contribution in [2.45, 2.75) is 43.9 Å². The average molecular weight is 228 g/mol. The van der Waals surface area contributed by atoms with Crippen LogP contribution >= 0.6 is 25.0 Å². The van der Waals surface area contributed by atoms with Gasteiger partial charge in [-0.2, -0.15) is 12.6 Å². The summed E-state index contributed by atoms with van der Waals surface area (Å²) in [4.78, 5) is 10.5. The Bertz CT molecular complexity index is 164. The Hall–Kier alpha value is 0.0700. The first-order valence-corrected chi connectivity index (χ1v) is 4.57. The minimum absolute atomic E-state index is 0. The molecule has 0 heterocycles. The summed E-state index contributed by atoms with van der Waals surface area (Å²) in [7, 11) is 0. The quantitative estimate of drug-likeness (QED) is 0.627. The van der Waals surface area contributed by atoms with E-state index in [9.17, 15) is 4.79 Å². The third-order valence-corrected chi connectivity index (χ3v) is 2.47. The van der Waals surface area contributed by atoms with E-state index in [1.807, 2.05) is 0 Å². The van der Waals surface area contributed by atoms with Crippen molar-refractivity contribution in [1.29, 1.82) is 0 Å². The number of carbonyl (C=O) groups is 1. The maximum atomic E-state index is 10.5. The van der Waals surface area contributed by atoms with E-state index in [1.165, 1.54) is 0 Å². The molecule has 0 spiro atoms. The van der Waals surface area contributed by atoms with Gasteiger partial charge in [0, 0.05) is 4.75 Å². The van der Waals surface area contributed by atoms with Crippen LogP contribution in [0, 0.1) is 0 Å². The predicted molar refractivity (Wildman–Crippen MR) is 59.8 cm³/mol. The minimum Gasteiger partial charge on any atom is -0.480 e. The molecule has 0 aliphatic carbocycles. The molecule has 0 aromatic rings. The van der Waals surface area contributed by atoms with E-state index in [-0.39, 0.29) is 12.4 Å². The van der Waals surface area contributed by atoms with Crippen molar-refractivity contribution in [3.63, 3.8) is 0 Å². The van der Waals surface area contributed by atoms with Crippen LogP contribution in [-0.2, 0) is 4.79 Å². The van der Waals surface area contributed by atoms with Gasteiger partial charge in [-0.15, -0.1) is 12.4 Å². The Morgan fingerprint density at radius 2 is 2.15 bits per heavy atom. The highest BCUT2D eigenvalue weighted by molar-refractivity contribution is 7.81. The monoisotopic (exact) mass is 227 g/mol. The molecule has 0 fully saturated rings. The lowest BCUT2D eigenvalue weighted by Gasteiger charge is -2.27. The van der Waals surface area contributed by atoms with Crippen LogP contribution in [0.15, 0.2) is 0 Å². The van der Waals surface area contributed by atoms with Gasteiger partial charge >= 0.3 is 5.97 Å². The average Bonchev–Trinajstić information content (AvgIpc) is 1.99. The summed E-state index contributed by atoms with van der Waals surface area (Å²) in [6, 6.07) is -0.882. The van der Waals surface area contributed by atoms with E-state index in [0.29, 0.717) is 0 Å². The number of thiol groups is 1. The third kappa shape index (κ3) is 5.39. The van der Waals surface area contributed by atoms with Crippen LogP contribution in [0.1, 0.15) is 33.1 Å². The van der Waals surface area contributed by atoms with Gasteiger partial charge in [0.1, 0.15) is 6.04 Å². The fourth-order valence-corrected chi connectivity index (χ4v) is 1.22. The van der Waals surface area contributed by atoms with Crippen LogP contribution in [0.4, 0.5) is 0 Å². The Labute approximate surface area is 90.9 Å². The zero-order chi connectivity index (χ0) is 9.78. The summed E-state index contributed by atoms with van der Waals surface area (Å²) in [5.74, 6) is -0.983. The highest BCUT2D eigenvalue weighted by Gasteiger charge is 2.32. The molecule has 0 rings (SSSR count). The normalized spacial score (nSPS) is 16.9. The summed E-state index contributed by atoms with van der Waals surface area (Å²) < 4.78 is -0.595. The van der Waals surface area contributed by atoms with Gasteiger partial charge in [-0.25, -0.2) is 0 Å². The highest BCUT2D eigenvalue weighted by Crippen LogP contribution is 2.24. The predicted octanol–water partition coefficient (Wildman–Crippen LogP) is 1.70. The van der Waals surface area contributed by atoms with Crippen LogP contribution in [0.3, 0.4) is 0 Å². The van der Waals surface area contributed by atoms with Crippen LogP contribution in [0.25, 0.3) is 0 Å². The lowest BCUT2D eigenvalue weighted by Crippen LogP contribution is -2.47. The molecule has 0 aliphatic rings. The van der Waals surface area contributed by atoms with Gasteiger partial charge in [-0.3, -0.25) is 4.79 Å². The number of nitrogens with two attached hydrogens (primary N) is 1. The standard InChI is InChI=1S/C8H17NO2S.ClH/c1-3-4-5-8(2,12)6(9)7(10)11;/h6,12H,3-5,9H2,1-2H3,(H,10,11);1H. The molecular weight excluding hydrogens is 210 g/mol. The van der Waals surface area contributed by atoms with E-state index in [1.54, 1.807) is 6.92 Å². The second-order valence-electron chi connectivity index (χ2n) is 3.28. The topological polar surface area (TPSA) is 63.3 Å². The zero-order valence-electron chi connectivity index (χ0n) is 7.99. The molecular formula is C8H18ClNO2S. The smallest absolute Gasteiger partial charge is 0.321 e. The van der Waals surface area contributed by atoms with E-state index in [4.69, 9.17) is 10.8 Å². The van der Waals surface area contributed by atoms with Crippen LogP contribution < -0.4 is 5.73 Å². The Morgan fingerprint density at radius 1 is 1.69 bits per heavy atom. The Morgan fingerprint density at radius 3 is 2.46 bits per heavy atom. The number of rotatable bonds is 5. The van der Waals surface area contributed by atoms with Gasteiger partial charge < -0.3 is 10.8 Å². The lowest BCUT2D eigenvalue weighted by atomic mass is 9.95. The summed E-state index contributed by atoms with van der Waals surface area (Å²) in [5.41, 5.74) is 5.46. The zero-order valence-corrected chi connectivity index (χ0v) is 9.70. The fourth-order valence-electron chi connectivity index (χ4n) is 0.956. The summed E-state index contributed by atoms with van der Waals surface area (Å²) >= 11 is 4.25. The van der Waals surface area contributed by atoms with Crippen molar-refractivity contribution < 1.29 is 9.90 Å². The highest BCUT2D eigenvalue weighted by atomic mass is 35.5. The van der Waals surface area contributed by atoms with Crippen molar-refractivity contribution in [3.05, 3.63) is 0 Å². The molecule has 0 aromatic carbocycles. The lowest BCUT2D eigenvalue weighted by molar-refractivity contribution is -0.139. The number of hydrogen-bond acceptors (Lipinski definition) is 3. The van der Waals surface area contributed by atoms with Crippen molar-refractivity contribution in [1.82, 2.24) is 0 Å². The van der Waals surface area contributed by atoms with E-state index < -0.39 is 16.8 Å². The van der Waals surface area contributed by atoms with Gasteiger partial charge in [0.05, 0.1) is 0 Å². The second kappa shape index (κ2) is 6.51. The third-order valence-electron chi connectivity index (χ3n) is 1.97. The maximum Gasteiger partial charge on any atom is 0.321 e. The van der Waals surface area contributed by atoms with Crippen molar-refractivity contribution in [3.8, 4) is 0 Å². The molecule has 0 amide bonds. The molecule has 0 aromatic heterocycles. The first-order chi connectivity index (χ1) is 5.41.